The van der Waals surface area contributed by atoms with Gasteiger partial charge in [-0.15, -0.1) is 0 Å². The van der Waals surface area contributed by atoms with Crippen LogP contribution in [0.4, 0.5) is 16.2 Å². The molecule has 1 aromatic rings. The molecule has 0 radical (unpaired) electrons. The Bertz CT molecular complexity index is 637. The molecule has 9 heteroatoms. The number of nitro benzene ring substituents is 1. The molecule has 0 bridgehead atoms. The lowest BCUT2D eigenvalue weighted by molar-refractivity contribution is -0.384. The lowest BCUT2D eigenvalue weighted by atomic mass is 10.1. The minimum atomic E-state index is -1.30. The van der Waals surface area contributed by atoms with Crippen LogP contribution in [0.3, 0.4) is 0 Å². The second-order valence-electron chi connectivity index (χ2n) is 5.89. The molecule has 0 aliphatic rings. The molecule has 0 atom stereocenters. The summed E-state index contributed by atoms with van der Waals surface area (Å²) in [6, 6.07) is 3.30. The molecule has 1 aromatic carbocycles. The van der Waals surface area contributed by atoms with Gasteiger partial charge in [-0.25, -0.2) is 9.59 Å². The molecule has 1 amide bonds. The van der Waals surface area contributed by atoms with Crippen LogP contribution >= 0.6 is 0 Å². The zero-order chi connectivity index (χ0) is 18.5. The second kappa shape index (κ2) is 7.73. The standard InChI is InChI=1S/C15H20N2O7/c1-15(2,3)24-14(20)16(7-8-23-4)11-6-5-10(13(18)19)9-12(11)17(21)22/h5-6,9H,7-8H2,1-4H3,(H,18,19). The smallest absolute Gasteiger partial charge is 0.415 e. The Balaban J connectivity index is 3.33. The van der Waals surface area contributed by atoms with Crippen molar-refractivity contribution < 1.29 is 29.1 Å². The third kappa shape index (κ3) is 5.20. The van der Waals surface area contributed by atoms with E-state index in [0.717, 1.165) is 11.0 Å². The molecule has 0 unspecified atom stereocenters. The Morgan fingerprint density at radius 3 is 2.42 bits per heavy atom. The number of nitrogens with zero attached hydrogens (tertiary/aromatic N) is 2. The molecule has 0 aromatic heterocycles. The first kappa shape index (κ1) is 19.4. The van der Waals surface area contributed by atoms with Gasteiger partial charge in [-0.3, -0.25) is 15.0 Å². The Kier molecular flexibility index (Phi) is 6.24. The van der Waals surface area contributed by atoms with Crippen LogP contribution in [-0.2, 0) is 9.47 Å². The number of methoxy groups -OCH3 is 1. The SMILES string of the molecule is COCCN(C(=O)OC(C)(C)C)c1ccc(C(=O)O)cc1[N+](=O)[O-]. The van der Waals surface area contributed by atoms with Gasteiger partial charge >= 0.3 is 12.1 Å². The van der Waals surface area contributed by atoms with Crippen molar-refractivity contribution in [3.05, 3.63) is 33.9 Å². The highest BCUT2D eigenvalue weighted by atomic mass is 16.6. The van der Waals surface area contributed by atoms with Crippen LogP contribution < -0.4 is 4.90 Å². The molecule has 1 rings (SSSR count). The molecule has 0 aliphatic carbocycles. The molecule has 0 aliphatic heterocycles. The molecule has 24 heavy (non-hydrogen) atoms. The fourth-order valence-electron chi connectivity index (χ4n) is 1.84. The zero-order valence-corrected chi connectivity index (χ0v) is 13.9. The van der Waals surface area contributed by atoms with Gasteiger partial charge in [0.1, 0.15) is 11.3 Å². The van der Waals surface area contributed by atoms with Gasteiger partial charge in [-0.2, -0.15) is 0 Å². The summed E-state index contributed by atoms with van der Waals surface area (Å²) in [6.45, 7) is 5.14. The van der Waals surface area contributed by atoms with Crippen LogP contribution in [0, 0.1) is 10.1 Å². The minimum Gasteiger partial charge on any atom is -0.478 e. The lowest BCUT2D eigenvalue weighted by Crippen LogP contribution is -2.39. The van der Waals surface area contributed by atoms with Crippen molar-refractivity contribution in [2.45, 2.75) is 26.4 Å². The van der Waals surface area contributed by atoms with Crippen LogP contribution in [-0.4, -0.2) is 48.0 Å². The van der Waals surface area contributed by atoms with Crippen molar-refractivity contribution in [3.63, 3.8) is 0 Å². The molecule has 0 saturated heterocycles. The number of carboxylic acid groups (broad SMARTS) is 1. The number of carboxylic acids is 1. The number of hydrogen-bond acceptors (Lipinski definition) is 6. The molecule has 0 fully saturated rings. The number of rotatable bonds is 6. The van der Waals surface area contributed by atoms with E-state index in [2.05, 4.69) is 0 Å². The van der Waals surface area contributed by atoms with Crippen LogP contribution in [0.15, 0.2) is 18.2 Å². The summed E-state index contributed by atoms with van der Waals surface area (Å²) in [6.07, 6.45) is -0.786. The first-order chi connectivity index (χ1) is 11.1. The lowest BCUT2D eigenvalue weighted by Gasteiger charge is -2.27. The summed E-state index contributed by atoms with van der Waals surface area (Å²) in [5, 5.41) is 20.3. The summed E-state index contributed by atoms with van der Waals surface area (Å²) in [4.78, 5) is 35.0. The average Bonchev–Trinajstić information content (AvgIpc) is 2.45. The summed E-state index contributed by atoms with van der Waals surface area (Å²) < 4.78 is 10.2. The number of anilines is 1. The predicted molar refractivity (Wildman–Crippen MR) is 85.5 cm³/mol. The summed E-state index contributed by atoms with van der Waals surface area (Å²) in [7, 11) is 1.43. The second-order valence-corrected chi connectivity index (χ2v) is 5.89. The summed E-state index contributed by atoms with van der Waals surface area (Å²) >= 11 is 0. The monoisotopic (exact) mass is 340 g/mol. The fraction of sp³-hybridized carbons (Fsp3) is 0.467. The molecule has 0 spiro atoms. The molecule has 0 saturated carbocycles. The quantitative estimate of drug-likeness (QED) is 0.624. The van der Waals surface area contributed by atoms with Gasteiger partial charge in [0.05, 0.1) is 23.6 Å². The van der Waals surface area contributed by atoms with Crippen molar-refractivity contribution >= 4 is 23.4 Å². The van der Waals surface area contributed by atoms with Crippen molar-refractivity contribution in [1.82, 2.24) is 0 Å². The van der Waals surface area contributed by atoms with E-state index in [1.165, 1.54) is 19.2 Å². The van der Waals surface area contributed by atoms with Crippen LogP contribution in [0.2, 0.25) is 0 Å². The molecular weight excluding hydrogens is 320 g/mol. The van der Waals surface area contributed by atoms with Crippen molar-refractivity contribution in [2.24, 2.45) is 0 Å². The highest BCUT2D eigenvalue weighted by Gasteiger charge is 2.29. The number of ether oxygens (including phenoxy) is 2. The van der Waals surface area contributed by atoms with E-state index in [1.54, 1.807) is 20.8 Å². The van der Waals surface area contributed by atoms with E-state index in [4.69, 9.17) is 14.6 Å². The van der Waals surface area contributed by atoms with Crippen LogP contribution in [0.5, 0.6) is 0 Å². The average molecular weight is 340 g/mol. The maximum Gasteiger partial charge on any atom is 0.415 e. The third-order valence-electron chi connectivity index (χ3n) is 2.84. The molecule has 9 nitrogen and oxygen atoms in total. The van der Waals surface area contributed by atoms with Crippen LogP contribution in [0.25, 0.3) is 0 Å². The van der Waals surface area contributed by atoms with E-state index < -0.39 is 28.3 Å². The molecule has 1 N–H and O–H groups in total. The van der Waals surface area contributed by atoms with Gasteiger partial charge in [0.15, 0.2) is 0 Å². The Morgan fingerprint density at radius 2 is 1.96 bits per heavy atom. The van der Waals surface area contributed by atoms with E-state index in [9.17, 15) is 19.7 Å². The largest absolute Gasteiger partial charge is 0.478 e. The van der Waals surface area contributed by atoms with E-state index in [-0.39, 0.29) is 24.4 Å². The number of aromatic carboxylic acids is 1. The van der Waals surface area contributed by atoms with E-state index >= 15 is 0 Å². The van der Waals surface area contributed by atoms with E-state index in [1.807, 2.05) is 0 Å². The minimum absolute atomic E-state index is 0.0126. The third-order valence-corrected chi connectivity index (χ3v) is 2.84. The Morgan fingerprint density at radius 1 is 1.33 bits per heavy atom. The molecule has 0 heterocycles. The normalized spacial score (nSPS) is 11.0. The molecule has 132 valence electrons. The van der Waals surface area contributed by atoms with Gasteiger partial charge in [-0.05, 0) is 32.9 Å². The number of hydrogen-bond donors (Lipinski definition) is 1. The maximum atomic E-state index is 12.4. The highest BCUT2D eigenvalue weighted by Crippen LogP contribution is 2.30. The van der Waals surface area contributed by atoms with Crippen molar-refractivity contribution in [2.75, 3.05) is 25.2 Å². The topological polar surface area (TPSA) is 119 Å². The Labute approximate surface area is 138 Å². The van der Waals surface area contributed by atoms with Crippen molar-refractivity contribution in [1.29, 1.82) is 0 Å². The number of benzene rings is 1. The fourth-order valence-corrected chi connectivity index (χ4v) is 1.84. The summed E-state index contributed by atoms with van der Waals surface area (Å²) in [5.74, 6) is -1.30. The predicted octanol–water partition coefficient (Wildman–Crippen LogP) is 2.68. The van der Waals surface area contributed by atoms with Gasteiger partial charge in [0.25, 0.3) is 5.69 Å². The number of amides is 1. The Hall–Kier alpha value is -2.68. The van der Waals surface area contributed by atoms with Gasteiger partial charge in [0, 0.05) is 13.2 Å². The zero-order valence-electron chi connectivity index (χ0n) is 13.9. The van der Waals surface area contributed by atoms with Gasteiger partial charge < -0.3 is 14.6 Å². The van der Waals surface area contributed by atoms with Gasteiger partial charge in [0.2, 0.25) is 0 Å². The first-order valence-electron chi connectivity index (χ1n) is 7.08. The summed E-state index contributed by atoms with van der Waals surface area (Å²) in [5.41, 5.74) is -1.60. The highest BCUT2D eigenvalue weighted by molar-refractivity contribution is 5.94. The number of carbonyl (C=O) groups is 2. The van der Waals surface area contributed by atoms with Crippen molar-refractivity contribution in [3.8, 4) is 0 Å². The van der Waals surface area contributed by atoms with Gasteiger partial charge in [-0.1, -0.05) is 0 Å². The first-order valence-corrected chi connectivity index (χ1v) is 7.08. The number of carbonyl (C=O) groups excluding carboxylic acids is 1. The van der Waals surface area contributed by atoms with Crippen LogP contribution in [0.1, 0.15) is 31.1 Å². The molecular formula is C15H20N2O7. The maximum absolute atomic E-state index is 12.4. The number of nitro groups is 1. The van der Waals surface area contributed by atoms with E-state index in [0.29, 0.717) is 0 Å².